The quantitative estimate of drug-likeness (QED) is 0.473. The van der Waals surface area contributed by atoms with Gasteiger partial charge < -0.3 is 20.5 Å². The first-order valence-corrected chi connectivity index (χ1v) is 11.0. The molecule has 9 nitrogen and oxygen atoms in total. The van der Waals surface area contributed by atoms with Crippen molar-refractivity contribution in [2.24, 2.45) is 13.0 Å². The molecule has 1 heterocycles. The van der Waals surface area contributed by atoms with E-state index in [4.69, 9.17) is 9.84 Å². The van der Waals surface area contributed by atoms with E-state index in [9.17, 15) is 14.4 Å². The fourth-order valence-corrected chi connectivity index (χ4v) is 4.14. The maximum absolute atomic E-state index is 12.8. The molecule has 0 aliphatic heterocycles. The van der Waals surface area contributed by atoms with Gasteiger partial charge in [0.25, 0.3) is 0 Å². The summed E-state index contributed by atoms with van der Waals surface area (Å²) in [7, 11) is 1.65. The first-order chi connectivity index (χ1) is 16.4. The Morgan fingerprint density at radius 3 is 2.24 bits per heavy atom. The molecule has 2 atom stereocenters. The SMILES string of the molecule is CC(CNC(=O)C(NC(=O)OCC1c2ccccc2-c2ccccc21)c1ccnn1C)C(=O)O. The number of rotatable bonds is 8. The second-order valence-corrected chi connectivity index (χ2v) is 8.27. The number of hydrogen-bond acceptors (Lipinski definition) is 5. The Bertz CT molecular complexity index is 1180. The van der Waals surface area contributed by atoms with Gasteiger partial charge in [-0.05, 0) is 28.3 Å². The molecule has 9 heteroatoms. The highest BCUT2D eigenvalue weighted by atomic mass is 16.5. The van der Waals surface area contributed by atoms with Crippen LogP contribution in [0, 0.1) is 5.92 Å². The van der Waals surface area contributed by atoms with Gasteiger partial charge in [-0.25, -0.2) is 4.79 Å². The molecular weight excluding hydrogens is 436 g/mol. The number of benzene rings is 2. The number of nitrogens with zero attached hydrogens (tertiary/aromatic N) is 2. The van der Waals surface area contributed by atoms with E-state index in [2.05, 4.69) is 27.9 Å². The van der Waals surface area contributed by atoms with Crippen molar-refractivity contribution in [1.82, 2.24) is 20.4 Å². The van der Waals surface area contributed by atoms with E-state index in [1.807, 2.05) is 36.4 Å². The van der Waals surface area contributed by atoms with Crippen LogP contribution in [0.3, 0.4) is 0 Å². The van der Waals surface area contributed by atoms with Crippen LogP contribution in [0.1, 0.15) is 35.7 Å². The van der Waals surface area contributed by atoms with E-state index in [0.29, 0.717) is 5.69 Å². The third kappa shape index (κ3) is 4.63. The number of hydrogen-bond donors (Lipinski definition) is 3. The number of aromatic nitrogens is 2. The molecule has 0 fully saturated rings. The summed E-state index contributed by atoms with van der Waals surface area (Å²) in [6, 6.07) is 16.5. The molecule has 34 heavy (non-hydrogen) atoms. The van der Waals surface area contributed by atoms with E-state index >= 15 is 0 Å². The fraction of sp³-hybridized carbons (Fsp3) is 0.280. The Labute approximate surface area is 196 Å². The molecule has 0 saturated carbocycles. The molecule has 3 N–H and O–H groups in total. The van der Waals surface area contributed by atoms with Gasteiger partial charge in [0.2, 0.25) is 5.91 Å². The summed E-state index contributed by atoms with van der Waals surface area (Å²) in [5, 5.41) is 18.3. The van der Waals surface area contributed by atoms with Gasteiger partial charge in [-0.2, -0.15) is 5.10 Å². The highest BCUT2D eigenvalue weighted by molar-refractivity contribution is 5.87. The van der Waals surface area contributed by atoms with E-state index in [-0.39, 0.29) is 19.1 Å². The first-order valence-electron chi connectivity index (χ1n) is 11.0. The second-order valence-electron chi connectivity index (χ2n) is 8.27. The average molecular weight is 463 g/mol. The minimum atomic E-state index is -1.09. The maximum Gasteiger partial charge on any atom is 0.408 e. The summed E-state index contributed by atoms with van der Waals surface area (Å²) in [6.07, 6.45) is 0.754. The number of carboxylic acids is 1. The van der Waals surface area contributed by atoms with Gasteiger partial charge in [0.1, 0.15) is 6.61 Å². The number of amides is 2. The molecule has 0 radical (unpaired) electrons. The fourth-order valence-electron chi connectivity index (χ4n) is 4.14. The molecular formula is C25H26N4O5. The van der Waals surface area contributed by atoms with Gasteiger partial charge >= 0.3 is 12.1 Å². The van der Waals surface area contributed by atoms with Gasteiger partial charge in [0.05, 0.1) is 11.6 Å². The molecule has 1 aliphatic carbocycles. The number of aliphatic carboxylic acids is 1. The zero-order valence-corrected chi connectivity index (χ0v) is 18.9. The molecule has 3 aromatic rings. The Balaban J connectivity index is 1.46. The van der Waals surface area contributed by atoms with Crippen LogP contribution >= 0.6 is 0 Å². The van der Waals surface area contributed by atoms with Gasteiger partial charge in [0, 0.05) is 25.7 Å². The van der Waals surface area contributed by atoms with Crippen LogP contribution in [0.2, 0.25) is 0 Å². The zero-order valence-electron chi connectivity index (χ0n) is 18.9. The topological polar surface area (TPSA) is 123 Å². The van der Waals surface area contributed by atoms with Gasteiger partial charge in [-0.15, -0.1) is 0 Å². The Hall–Kier alpha value is -4.14. The van der Waals surface area contributed by atoms with Crippen molar-refractivity contribution in [2.45, 2.75) is 18.9 Å². The lowest BCUT2D eigenvalue weighted by Crippen LogP contribution is -2.43. The number of aryl methyl sites for hydroxylation is 1. The third-order valence-corrected chi connectivity index (χ3v) is 6.03. The summed E-state index contributed by atoms with van der Waals surface area (Å²) in [5.74, 6) is -2.46. The third-order valence-electron chi connectivity index (χ3n) is 6.03. The zero-order chi connectivity index (χ0) is 24.2. The summed E-state index contributed by atoms with van der Waals surface area (Å²) in [6.45, 7) is 1.52. The molecule has 0 spiro atoms. The number of alkyl carbamates (subject to hydrolysis) is 1. The van der Waals surface area contributed by atoms with Crippen molar-refractivity contribution in [2.75, 3.05) is 13.2 Å². The van der Waals surface area contributed by atoms with Crippen LogP contribution in [0.5, 0.6) is 0 Å². The van der Waals surface area contributed by atoms with E-state index in [0.717, 1.165) is 22.3 Å². The van der Waals surface area contributed by atoms with Crippen LogP contribution in [-0.4, -0.2) is 46.0 Å². The number of fused-ring (bicyclic) bond motifs is 3. The van der Waals surface area contributed by atoms with E-state index in [1.54, 1.807) is 13.1 Å². The number of nitrogens with one attached hydrogen (secondary N) is 2. The predicted octanol–water partition coefficient (Wildman–Crippen LogP) is 2.84. The van der Waals surface area contributed by atoms with Crippen LogP contribution in [-0.2, 0) is 21.4 Å². The van der Waals surface area contributed by atoms with Crippen molar-refractivity contribution >= 4 is 18.0 Å². The normalized spacial score (nSPS) is 13.9. The summed E-state index contributed by atoms with van der Waals surface area (Å²) < 4.78 is 7.04. The highest BCUT2D eigenvalue weighted by Gasteiger charge is 2.31. The standard InChI is InChI=1S/C25H26N4O5/c1-15(24(31)32)13-26-23(30)22(21-11-12-27-29(21)2)28-25(33)34-14-20-18-9-5-3-7-16(18)17-8-4-6-10-19(17)20/h3-12,15,20,22H,13-14H2,1-2H3,(H,26,30)(H,28,33)(H,31,32). The summed E-state index contributed by atoms with van der Waals surface area (Å²) in [4.78, 5) is 36.7. The Morgan fingerprint density at radius 2 is 1.68 bits per heavy atom. The number of carbonyl (C=O) groups is 3. The number of carboxylic acid groups (broad SMARTS) is 1. The summed E-state index contributed by atoms with van der Waals surface area (Å²) >= 11 is 0. The first kappa shape index (κ1) is 23.0. The van der Waals surface area contributed by atoms with Crippen molar-refractivity contribution in [3.63, 3.8) is 0 Å². The molecule has 4 rings (SSSR count). The van der Waals surface area contributed by atoms with E-state index in [1.165, 1.54) is 17.8 Å². The molecule has 1 aromatic heterocycles. The Kier molecular flexibility index (Phi) is 6.62. The minimum absolute atomic E-state index is 0.0745. The van der Waals surface area contributed by atoms with Crippen LogP contribution in [0.25, 0.3) is 11.1 Å². The molecule has 0 bridgehead atoms. The molecule has 2 unspecified atom stereocenters. The van der Waals surface area contributed by atoms with Gasteiger partial charge in [-0.3, -0.25) is 14.3 Å². The average Bonchev–Trinajstić information content (AvgIpc) is 3.40. The van der Waals surface area contributed by atoms with Crippen LogP contribution in [0.4, 0.5) is 4.79 Å². The molecule has 176 valence electrons. The second kappa shape index (κ2) is 9.78. The van der Waals surface area contributed by atoms with E-state index < -0.39 is 29.9 Å². The molecule has 1 aliphatic rings. The largest absolute Gasteiger partial charge is 0.481 e. The maximum atomic E-state index is 12.8. The van der Waals surface area contributed by atoms with Crippen molar-refractivity contribution < 1.29 is 24.2 Å². The van der Waals surface area contributed by atoms with Crippen molar-refractivity contribution in [1.29, 1.82) is 0 Å². The predicted molar refractivity (Wildman–Crippen MR) is 124 cm³/mol. The smallest absolute Gasteiger partial charge is 0.408 e. The van der Waals surface area contributed by atoms with Crippen LogP contribution in [0.15, 0.2) is 60.8 Å². The monoisotopic (exact) mass is 462 g/mol. The molecule has 0 saturated heterocycles. The Morgan fingerprint density at radius 1 is 1.06 bits per heavy atom. The molecule has 2 aromatic carbocycles. The van der Waals surface area contributed by atoms with Crippen LogP contribution < -0.4 is 10.6 Å². The summed E-state index contributed by atoms with van der Waals surface area (Å²) in [5.41, 5.74) is 4.84. The van der Waals surface area contributed by atoms with Crippen molar-refractivity contribution in [3.8, 4) is 11.1 Å². The number of ether oxygens (including phenoxy) is 1. The minimum Gasteiger partial charge on any atom is -0.481 e. The number of carbonyl (C=O) groups excluding carboxylic acids is 2. The van der Waals surface area contributed by atoms with Gasteiger partial charge in [-0.1, -0.05) is 55.5 Å². The lowest BCUT2D eigenvalue weighted by Gasteiger charge is -2.20. The van der Waals surface area contributed by atoms with Gasteiger partial charge in [0.15, 0.2) is 6.04 Å². The lowest BCUT2D eigenvalue weighted by molar-refractivity contribution is -0.141. The van der Waals surface area contributed by atoms with Crippen molar-refractivity contribution in [3.05, 3.63) is 77.6 Å². The molecule has 2 amide bonds. The lowest BCUT2D eigenvalue weighted by atomic mass is 9.98. The highest BCUT2D eigenvalue weighted by Crippen LogP contribution is 2.44.